The van der Waals surface area contributed by atoms with E-state index in [-0.39, 0.29) is 6.10 Å². The van der Waals surface area contributed by atoms with E-state index in [2.05, 4.69) is 11.5 Å². The van der Waals surface area contributed by atoms with E-state index >= 15 is 0 Å². The van der Waals surface area contributed by atoms with Crippen LogP contribution in [0, 0.1) is 0 Å². The van der Waals surface area contributed by atoms with Gasteiger partial charge in [0.1, 0.15) is 0 Å². The molecule has 0 saturated carbocycles. The fourth-order valence-electron chi connectivity index (χ4n) is 2.98. The van der Waals surface area contributed by atoms with E-state index in [1.807, 2.05) is 6.08 Å². The second kappa shape index (κ2) is 8.78. The standard InChI is InChI=1S/C16H29NO3/c1-2-3-5-14(18)12-17-9-7-15(8-10-17)20-13-16-6-4-11-19-16/h2,14-16,18H,1,3-13H2. The third-order valence-corrected chi connectivity index (χ3v) is 4.25. The highest BCUT2D eigenvalue weighted by Gasteiger charge is 2.23. The number of hydrogen-bond donors (Lipinski definition) is 1. The summed E-state index contributed by atoms with van der Waals surface area (Å²) in [5.74, 6) is 0. The van der Waals surface area contributed by atoms with Crippen molar-refractivity contribution in [2.45, 2.75) is 56.8 Å². The topological polar surface area (TPSA) is 41.9 Å². The van der Waals surface area contributed by atoms with E-state index in [1.54, 1.807) is 0 Å². The molecule has 0 amide bonds. The number of aliphatic hydroxyl groups is 1. The maximum Gasteiger partial charge on any atom is 0.0809 e. The first-order valence-corrected chi connectivity index (χ1v) is 8.02. The van der Waals surface area contributed by atoms with Crippen molar-refractivity contribution in [3.05, 3.63) is 12.7 Å². The predicted octanol–water partition coefficient (Wildman–Crippen LogP) is 1.97. The van der Waals surface area contributed by atoms with Crippen molar-refractivity contribution >= 4 is 0 Å². The number of rotatable bonds is 8. The molecule has 2 heterocycles. The minimum atomic E-state index is -0.225. The molecule has 2 atom stereocenters. The fraction of sp³-hybridized carbons (Fsp3) is 0.875. The first-order valence-electron chi connectivity index (χ1n) is 8.02. The number of piperidine rings is 1. The van der Waals surface area contributed by atoms with Crippen molar-refractivity contribution in [2.75, 3.05) is 32.8 Å². The summed E-state index contributed by atoms with van der Waals surface area (Å²) in [7, 11) is 0. The van der Waals surface area contributed by atoms with Crippen molar-refractivity contribution in [3.8, 4) is 0 Å². The first kappa shape index (κ1) is 16.0. The molecule has 4 heteroatoms. The van der Waals surface area contributed by atoms with Crippen molar-refractivity contribution in [2.24, 2.45) is 0 Å². The van der Waals surface area contributed by atoms with Crippen LogP contribution in [0.15, 0.2) is 12.7 Å². The normalized spacial score (nSPS) is 26.8. The van der Waals surface area contributed by atoms with Gasteiger partial charge >= 0.3 is 0 Å². The van der Waals surface area contributed by atoms with Crippen LogP contribution in [0.2, 0.25) is 0 Å². The summed E-state index contributed by atoms with van der Waals surface area (Å²) < 4.78 is 11.5. The summed E-state index contributed by atoms with van der Waals surface area (Å²) in [6.45, 7) is 8.19. The molecule has 2 rings (SSSR count). The molecule has 2 aliphatic rings. The van der Waals surface area contributed by atoms with Crippen LogP contribution in [0.25, 0.3) is 0 Å². The largest absolute Gasteiger partial charge is 0.392 e. The fourth-order valence-corrected chi connectivity index (χ4v) is 2.98. The van der Waals surface area contributed by atoms with Gasteiger partial charge in [0.15, 0.2) is 0 Å². The molecular formula is C16H29NO3. The van der Waals surface area contributed by atoms with Gasteiger partial charge in [-0.05, 0) is 38.5 Å². The molecule has 116 valence electrons. The van der Waals surface area contributed by atoms with Crippen LogP contribution in [0.4, 0.5) is 0 Å². The minimum absolute atomic E-state index is 0.225. The lowest BCUT2D eigenvalue weighted by Crippen LogP contribution is -2.41. The molecule has 0 aromatic carbocycles. The van der Waals surface area contributed by atoms with Crippen molar-refractivity contribution < 1.29 is 14.6 Å². The Morgan fingerprint density at radius 2 is 2.15 bits per heavy atom. The number of likely N-dealkylation sites (tertiary alicyclic amines) is 1. The zero-order chi connectivity index (χ0) is 14.2. The van der Waals surface area contributed by atoms with Gasteiger partial charge in [0.2, 0.25) is 0 Å². The van der Waals surface area contributed by atoms with Gasteiger partial charge in [-0.1, -0.05) is 6.08 Å². The Morgan fingerprint density at radius 1 is 1.35 bits per heavy atom. The lowest BCUT2D eigenvalue weighted by Gasteiger charge is -2.33. The zero-order valence-corrected chi connectivity index (χ0v) is 12.5. The van der Waals surface area contributed by atoms with Crippen LogP contribution in [0.5, 0.6) is 0 Å². The summed E-state index contributed by atoms with van der Waals surface area (Å²) in [5, 5.41) is 9.91. The molecule has 1 N–H and O–H groups in total. The summed E-state index contributed by atoms with van der Waals surface area (Å²) in [6, 6.07) is 0. The Bertz CT molecular complexity index is 271. The minimum Gasteiger partial charge on any atom is -0.392 e. The quantitative estimate of drug-likeness (QED) is 0.692. The molecular weight excluding hydrogens is 254 g/mol. The number of nitrogens with zero attached hydrogens (tertiary/aromatic N) is 1. The Balaban J connectivity index is 1.56. The highest BCUT2D eigenvalue weighted by Crippen LogP contribution is 2.18. The van der Waals surface area contributed by atoms with Gasteiger partial charge in [-0.25, -0.2) is 0 Å². The maximum atomic E-state index is 9.91. The van der Waals surface area contributed by atoms with Crippen molar-refractivity contribution in [3.63, 3.8) is 0 Å². The third-order valence-electron chi connectivity index (χ3n) is 4.25. The van der Waals surface area contributed by atoms with Gasteiger partial charge < -0.3 is 19.5 Å². The van der Waals surface area contributed by atoms with Gasteiger partial charge in [0.25, 0.3) is 0 Å². The van der Waals surface area contributed by atoms with Gasteiger partial charge in [-0.3, -0.25) is 0 Å². The Labute approximate surface area is 122 Å². The van der Waals surface area contributed by atoms with Gasteiger partial charge in [-0.15, -0.1) is 6.58 Å². The SMILES string of the molecule is C=CCCC(O)CN1CCC(OCC2CCCO2)CC1. The number of hydrogen-bond acceptors (Lipinski definition) is 4. The second-order valence-corrected chi connectivity index (χ2v) is 5.99. The lowest BCUT2D eigenvalue weighted by molar-refractivity contribution is -0.0454. The molecule has 2 fully saturated rings. The van der Waals surface area contributed by atoms with Crippen molar-refractivity contribution in [1.82, 2.24) is 4.90 Å². The average Bonchev–Trinajstić information content (AvgIpc) is 2.98. The number of ether oxygens (including phenoxy) is 2. The molecule has 0 radical (unpaired) electrons. The molecule has 4 nitrogen and oxygen atoms in total. The van der Waals surface area contributed by atoms with Gasteiger partial charge in [-0.2, -0.15) is 0 Å². The first-order chi connectivity index (χ1) is 9.78. The van der Waals surface area contributed by atoms with Crippen LogP contribution in [-0.4, -0.2) is 61.2 Å². The molecule has 0 spiro atoms. The van der Waals surface area contributed by atoms with E-state index in [9.17, 15) is 5.11 Å². The summed E-state index contributed by atoms with van der Waals surface area (Å²) in [5.41, 5.74) is 0. The summed E-state index contributed by atoms with van der Waals surface area (Å²) in [6.07, 6.45) is 8.52. The van der Waals surface area contributed by atoms with Gasteiger partial charge in [0.05, 0.1) is 24.9 Å². The smallest absolute Gasteiger partial charge is 0.0809 e. The predicted molar refractivity (Wildman–Crippen MR) is 79.8 cm³/mol. The van der Waals surface area contributed by atoms with E-state index in [0.717, 1.165) is 65.0 Å². The second-order valence-electron chi connectivity index (χ2n) is 5.99. The van der Waals surface area contributed by atoms with E-state index in [0.29, 0.717) is 12.2 Å². The lowest BCUT2D eigenvalue weighted by atomic mass is 10.1. The Kier molecular flexibility index (Phi) is 7.00. The average molecular weight is 283 g/mol. The van der Waals surface area contributed by atoms with Crippen LogP contribution in [0.1, 0.15) is 38.5 Å². The number of allylic oxidation sites excluding steroid dienone is 1. The Hall–Kier alpha value is -0.420. The van der Waals surface area contributed by atoms with Crippen LogP contribution < -0.4 is 0 Å². The van der Waals surface area contributed by atoms with Crippen molar-refractivity contribution in [1.29, 1.82) is 0 Å². The maximum absolute atomic E-state index is 9.91. The van der Waals surface area contributed by atoms with Gasteiger partial charge in [0, 0.05) is 26.2 Å². The number of aliphatic hydroxyl groups excluding tert-OH is 1. The van der Waals surface area contributed by atoms with Crippen LogP contribution in [0.3, 0.4) is 0 Å². The molecule has 0 bridgehead atoms. The van der Waals surface area contributed by atoms with E-state index in [4.69, 9.17) is 9.47 Å². The molecule has 20 heavy (non-hydrogen) atoms. The molecule has 0 aromatic heterocycles. The number of β-amino-alcohol motifs (C(OH)–C–C–N with tert-alkyl or cyclic N) is 1. The monoisotopic (exact) mass is 283 g/mol. The van der Waals surface area contributed by atoms with E-state index in [1.165, 1.54) is 6.42 Å². The molecule has 2 aliphatic heterocycles. The third kappa shape index (κ3) is 5.52. The van der Waals surface area contributed by atoms with E-state index < -0.39 is 0 Å². The Morgan fingerprint density at radius 3 is 2.80 bits per heavy atom. The molecule has 2 unspecified atom stereocenters. The van der Waals surface area contributed by atoms with Crippen LogP contribution >= 0.6 is 0 Å². The van der Waals surface area contributed by atoms with Crippen LogP contribution in [-0.2, 0) is 9.47 Å². The molecule has 0 aliphatic carbocycles. The highest BCUT2D eigenvalue weighted by molar-refractivity contribution is 4.77. The molecule has 2 saturated heterocycles. The zero-order valence-electron chi connectivity index (χ0n) is 12.5. The highest BCUT2D eigenvalue weighted by atomic mass is 16.5. The summed E-state index contributed by atoms with van der Waals surface area (Å²) in [4.78, 5) is 2.35. The summed E-state index contributed by atoms with van der Waals surface area (Å²) >= 11 is 0. The molecule has 0 aromatic rings.